The molecule has 0 radical (unpaired) electrons. The highest BCUT2D eigenvalue weighted by molar-refractivity contribution is 5.71. The fourth-order valence-electron chi connectivity index (χ4n) is 4.76. The third-order valence-corrected chi connectivity index (χ3v) is 6.32. The lowest BCUT2D eigenvalue weighted by Gasteiger charge is -2.43. The Morgan fingerprint density at radius 1 is 1.07 bits per heavy atom. The number of rotatable bonds is 6. The number of carbonyl (C=O) groups excluding carboxylic acids is 1. The normalized spacial score (nSPS) is 17.7. The lowest BCUT2D eigenvalue weighted by atomic mass is 9.90. The maximum absolute atomic E-state index is 12.4. The molecule has 1 amide bonds. The van der Waals surface area contributed by atoms with Crippen LogP contribution in [0, 0.1) is 0 Å². The summed E-state index contributed by atoms with van der Waals surface area (Å²) in [6.07, 6.45) is 12.9. The largest absolute Gasteiger partial charge is 0.348 e. The van der Waals surface area contributed by atoms with E-state index in [0.717, 1.165) is 36.5 Å². The molecule has 1 unspecified atom stereocenters. The first-order chi connectivity index (χ1) is 13.6. The third-order valence-electron chi connectivity index (χ3n) is 6.32. The van der Waals surface area contributed by atoms with Crippen molar-refractivity contribution in [3.63, 3.8) is 0 Å². The highest BCUT2D eigenvalue weighted by Gasteiger charge is 2.42. The number of carbonyl (C=O) groups is 1. The van der Waals surface area contributed by atoms with Crippen LogP contribution >= 0.6 is 0 Å². The van der Waals surface area contributed by atoms with Gasteiger partial charge in [-0.15, -0.1) is 0 Å². The summed E-state index contributed by atoms with van der Waals surface area (Å²) in [4.78, 5) is 20.9. The quantitative estimate of drug-likeness (QED) is 0.465. The molecule has 0 spiro atoms. The zero-order valence-electron chi connectivity index (χ0n) is 16.8. The van der Waals surface area contributed by atoms with E-state index < -0.39 is 0 Å². The van der Waals surface area contributed by atoms with E-state index >= 15 is 0 Å². The molecule has 28 heavy (non-hydrogen) atoms. The average molecular weight is 378 g/mol. The number of hydrogen-bond donors (Lipinski definition) is 0. The minimum atomic E-state index is 0.235. The first-order valence-corrected chi connectivity index (χ1v) is 10.3. The zero-order chi connectivity index (χ0) is 19.6. The van der Waals surface area contributed by atoms with E-state index in [1.54, 1.807) is 6.33 Å². The molecule has 146 valence electrons. The van der Waals surface area contributed by atoms with E-state index in [2.05, 4.69) is 52.6 Å². The van der Waals surface area contributed by atoms with Crippen molar-refractivity contribution < 1.29 is 4.79 Å². The van der Waals surface area contributed by atoms with E-state index in [-0.39, 0.29) is 6.04 Å². The molecule has 5 heteroatoms. The fourth-order valence-corrected chi connectivity index (χ4v) is 4.76. The number of fused-ring (bicyclic) bond motifs is 1. The molecular weight excluding hydrogens is 348 g/mol. The first kappa shape index (κ1) is 18.8. The molecule has 0 N–H and O–H groups in total. The number of amides is 1. The molecule has 0 aromatic heterocycles. The maximum Gasteiger partial charge on any atom is 0.306 e. The Balaban J connectivity index is 1.60. The lowest BCUT2D eigenvalue weighted by molar-refractivity contribution is -0.121. The Morgan fingerprint density at radius 3 is 2.46 bits per heavy atom. The topological polar surface area (TPSA) is 47.8 Å². The third kappa shape index (κ3) is 3.35. The van der Waals surface area contributed by atoms with Gasteiger partial charge in [0.2, 0.25) is 0 Å². The summed E-state index contributed by atoms with van der Waals surface area (Å²) in [5, 5.41) is 0. The van der Waals surface area contributed by atoms with Gasteiger partial charge in [0, 0.05) is 31.8 Å². The number of benzene rings is 1. The van der Waals surface area contributed by atoms with Crippen LogP contribution in [0.2, 0.25) is 0 Å². The Labute approximate surface area is 167 Å². The van der Waals surface area contributed by atoms with Crippen molar-refractivity contribution in [1.82, 2.24) is 19.0 Å². The van der Waals surface area contributed by atoms with Gasteiger partial charge in [0.05, 0.1) is 11.7 Å². The number of quaternary nitrogens is 1. The van der Waals surface area contributed by atoms with Crippen LogP contribution in [0.4, 0.5) is 5.69 Å². The molecule has 1 aliphatic carbocycles. The van der Waals surface area contributed by atoms with E-state index in [1.165, 1.54) is 31.2 Å². The molecule has 0 bridgehead atoms. The highest BCUT2D eigenvalue weighted by atomic mass is 16.1. The summed E-state index contributed by atoms with van der Waals surface area (Å²) < 4.78 is 2.57. The van der Waals surface area contributed by atoms with E-state index in [9.17, 15) is 4.79 Å². The molecule has 4 rings (SSSR count). The summed E-state index contributed by atoms with van der Waals surface area (Å²) in [5.41, 5.74) is 4.16. The van der Waals surface area contributed by atoms with E-state index in [1.807, 2.05) is 18.5 Å². The average Bonchev–Trinajstić information content (AvgIpc) is 3.19. The fraction of sp³-hybridized carbons (Fsp3) is 0.435. The van der Waals surface area contributed by atoms with Gasteiger partial charge in [-0.3, -0.25) is 0 Å². The second-order valence-corrected chi connectivity index (χ2v) is 8.25. The highest BCUT2D eigenvalue weighted by Crippen LogP contribution is 2.35. The van der Waals surface area contributed by atoms with Gasteiger partial charge in [-0.25, -0.2) is 19.2 Å². The Bertz CT molecular complexity index is 895. The summed E-state index contributed by atoms with van der Waals surface area (Å²) in [6, 6.07) is 11.2. The lowest BCUT2D eigenvalue weighted by Crippen LogP contribution is -2.60. The van der Waals surface area contributed by atoms with Crippen molar-refractivity contribution in [3.8, 4) is 11.4 Å². The van der Waals surface area contributed by atoms with Crippen LogP contribution in [0.1, 0.15) is 51.5 Å². The van der Waals surface area contributed by atoms with Gasteiger partial charge in [0.25, 0.3) is 0 Å². The zero-order valence-corrected chi connectivity index (χ0v) is 16.8. The Kier molecular flexibility index (Phi) is 5.27. The smallest absolute Gasteiger partial charge is 0.306 e. The number of imidazole rings is 1. The molecule has 1 aromatic carbocycles. The van der Waals surface area contributed by atoms with Gasteiger partial charge in [-0.2, -0.15) is 0 Å². The Morgan fingerprint density at radius 2 is 1.79 bits per heavy atom. The second-order valence-electron chi connectivity index (χ2n) is 8.25. The van der Waals surface area contributed by atoms with Gasteiger partial charge in [0.1, 0.15) is 23.8 Å². The van der Waals surface area contributed by atoms with Crippen molar-refractivity contribution in [2.45, 2.75) is 64.6 Å². The molecule has 1 fully saturated rings. The molecule has 3 aliphatic rings. The molecular formula is C23H29N4O+. The van der Waals surface area contributed by atoms with Gasteiger partial charge in [-0.05, 0) is 50.5 Å². The van der Waals surface area contributed by atoms with Crippen LogP contribution in [0.15, 0.2) is 49.1 Å². The van der Waals surface area contributed by atoms with Crippen molar-refractivity contribution in [2.75, 3.05) is 0 Å². The molecule has 1 aromatic rings. The standard InChI is InChI=1S/C23H29N4O/c1-18(2)27(17-28,20-6-4-3-5-7-20)21-10-8-19(9-11-21)14-26-13-12-22-23(15-26)25-16-24-22/h8-13,15-18,20H,3-7,14H2,1-2H3/q+1. The maximum atomic E-state index is 12.4. The summed E-state index contributed by atoms with van der Waals surface area (Å²) in [7, 11) is 0. The number of pyridine rings is 1. The van der Waals surface area contributed by atoms with Crippen molar-refractivity contribution in [3.05, 3.63) is 54.6 Å². The van der Waals surface area contributed by atoms with Crippen LogP contribution in [-0.4, -0.2) is 33.0 Å². The number of hydrogen-bond acceptors (Lipinski definition) is 3. The van der Waals surface area contributed by atoms with Crippen molar-refractivity contribution >= 4 is 12.1 Å². The van der Waals surface area contributed by atoms with Gasteiger partial charge in [0.15, 0.2) is 0 Å². The molecule has 2 heterocycles. The monoisotopic (exact) mass is 377 g/mol. The van der Waals surface area contributed by atoms with Crippen LogP contribution in [0.25, 0.3) is 11.4 Å². The van der Waals surface area contributed by atoms with Crippen LogP contribution in [0.5, 0.6) is 0 Å². The SMILES string of the molecule is CC(C)[N+](C=O)(c1ccc(Cn2ccc3ncnc-3c2)cc1)C1CCCCC1. The van der Waals surface area contributed by atoms with E-state index in [4.69, 9.17) is 0 Å². The van der Waals surface area contributed by atoms with Crippen LogP contribution in [-0.2, 0) is 11.3 Å². The molecule has 1 atom stereocenters. The molecule has 1 saturated carbocycles. The van der Waals surface area contributed by atoms with Gasteiger partial charge >= 0.3 is 6.41 Å². The predicted octanol–water partition coefficient (Wildman–Crippen LogP) is 4.64. The first-order valence-electron chi connectivity index (χ1n) is 10.3. The van der Waals surface area contributed by atoms with Crippen molar-refractivity contribution in [1.29, 1.82) is 0 Å². The minimum absolute atomic E-state index is 0.235. The molecule has 0 saturated heterocycles. The van der Waals surface area contributed by atoms with Crippen molar-refractivity contribution in [2.24, 2.45) is 0 Å². The number of nitrogens with zero attached hydrogens (tertiary/aromatic N) is 4. The second kappa shape index (κ2) is 7.84. The summed E-state index contributed by atoms with van der Waals surface area (Å²) in [5.74, 6) is 0. The molecule has 5 nitrogen and oxygen atoms in total. The molecule has 2 aliphatic heterocycles. The van der Waals surface area contributed by atoms with Crippen LogP contribution < -0.4 is 4.48 Å². The van der Waals surface area contributed by atoms with E-state index in [0.29, 0.717) is 10.5 Å². The predicted molar refractivity (Wildman–Crippen MR) is 112 cm³/mol. The minimum Gasteiger partial charge on any atom is -0.348 e. The van der Waals surface area contributed by atoms with Crippen LogP contribution in [0.3, 0.4) is 0 Å². The number of aromatic nitrogens is 3. The van der Waals surface area contributed by atoms with Gasteiger partial charge < -0.3 is 4.57 Å². The van der Waals surface area contributed by atoms with Gasteiger partial charge in [-0.1, -0.05) is 18.6 Å². The Hall–Kier alpha value is -2.53. The summed E-state index contributed by atoms with van der Waals surface area (Å²) in [6.45, 7) is 5.11. The summed E-state index contributed by atoms with van der Waals surface area (Å²) >= 11 is 0.